The molecule has 6 fully saturated rings. The molecule has 222 valence electrons. The first-order valence-electron chi connectivity index (χ1n) is 17.2. The number of rotatable bonds is 4. The molecule has 0 bridgehead atoms. The molecule has 2 heterocycles. The van der Waals surface area contributed by atoms with E-state index in [2.05, 4.69) is 25.8 Å². The Balaban J connectivity index is 1.29. The Hall–Kier alpha value is -0.650. The number of quaternary nitrogens is 1. The first kappa shape index (κ1) is 28.5. The second-order valence-corrected chi connectivity index (χ2v) is 15.8. The summed E-state index contributed by atoms with van der Waals surface area (Å²) in [5, 5.41) is 11.3. The summed E-state index contributed by atoms with van der Waals surface area (Å²) < 4.78 is 7.65. The van der Waals surface area contributed by atoms with E-state index < -0.39 is 0 Å². The topological polar surface area (TPSA) is 49.8 Å². The molecule has 5 heteroatoms. The van der Waals surface area contributed by atoms with Crippen LogP contribution >= 0.6 is 0 Å². The maximum atomic E-state index is 12.9. The maximum Gasteiger partial charge on any atom is 0.306 e. The van der Waals surface area contributed by atoms with Gasteiger partial charge in [0.25, 0.3) is 0 Å². The predicted molar refractivity (Wildman–Crippen MR) is 156 cm³/mol. The second kappa shape index (κ2) is 10.9. The van der Waals surface area contributed by atoms with Gasteiger partial charge in [0.05, 0.1) is 26.2 Å². The molecule has 6 aliphatic rings. The summed E-state index contributed by atoms with van der Waals surface area (Å²) in [6.07, 6.45) is 18.2. The summed E-state index contributed by atoms with van der Waals surface area (Å²) >= 11 is 0. The highest BCUT2D eigenvalue weighted by Gasteiger charge is 2.67. The molecule has 10 atom stereocenters. The number of esters is 1. The van der Waals surface area contributed by atoms with Gasteiger partial charge in [0.1, 0.15) is 6.04 Å². The van der Waals surface area contributed by atoms with Crippen molar-refractivity contribution < 1.29 is 19.1 Å². The van der Waals surface area contributed by atoms with Crippen molar-refractivity contribution in [1.82, 2.24) is 4.90 Å². The zero-order valence-corrected chi connectivity index (χ0v) is 25.7. The number of fused-ring (bicyclic) bond motifs is 5. The van der Waals surface area contributed by atoms with Gasteiger partial charge < -0.3 is 14.3 Å². The SMILES string of the molecule is CCC(=O)OC1C([N+]2(C)CCCCCC2)C[C@H]2[C@@H]3CCC4CC(O)C(N5CCCCC5)C[C@]4(C)[C@@H]3CC[C@]12C. The average molecular weight is 544 g/mol. The van der Waals surface area contributed by atoms with Gasteiger partial charge in [-0.3, -0.25) is 9.69 Å². The highest BCUT2D eigenvalue weighted by Crippen LogP contribution is 2.67. The Morgan fingerprint density at radius 1 is 0.923 bits per heavy atom. The van der Waals surface area contributed by atoms with Crippen LogP contribution in [-0.4, -0.2) is 78.0 Å². The lowest BCUT2D eigenvalue weighted by atomic mass is 9.44. The van der Waals surface area contributed by atoms with E-state index in [0.29, 0.717) is 35.8 Å². The maximum absolute atomic E-state index is 12.9. The molecule has 5 nitrogen and oxygen atoms in total. The van der Waals surface area contributed by atoms with E-state index >= 15 is 0 Å². The first-order valence-corrected chi connectivity index (χ1v) is 17.2. The van der Waals surface area contributed by atoms with E-state index in [9.17, 15) is 9.90 Å². The number of likely N-dealkylation sites (tertiary alicyclic amines) is 2. The molecular weight excluding hydrogens is 484 g/mol. The van der Waals surface area contributed by atoms with E-state index in [4.69, 9.17) is 4.74 Å². The Morgan fingerprint density at radius 2 is 1.62 bits per heavy atom. The van der Waals surface area contributed by atoms with Gasteiger partial charge in [0.2, 0.25) is 0 Å². The fourth-order valence-electron chi connectivity index (χ4n) is 11.6. The normalized spacial score (nSPS) is 48.3. The molecule has 4 aliphatic carbocycles. The molecule has 0 amide bonds. The van der Waals surface area contributed by atoms with Gasteiger partial charge in [-0.15, -0.1) is 0 Å². The van der Waals surface area contributed by atoms with Crippen molar-refractivity contribution in [2.45, 2.75) is 141 Å². The fourth-order valence-corrected chi connectivity index (χ4v) is 11.6. The summed E-state index contributed by atoms with van der Waals surface area (Å²) in [5.74, 6) is 2.84. The average Bonchev–Trinajstić information content (AvgIpc) is 3.06. The number of ether oxygens (including phenoxy) is 1. The summed E-state index contributed by atoms with van der Waals surface area (Å²) in [6, 6.07) is 0.807. The molecule has 2 aliphatic heterocycles. The minimum absolute atomic E-state index is 0.0109. The number of carbonyl (C=O) groups excluding carboxylic acids is 1. The van der Waals surface area contributed by atoms with Crippen molar-refractivity contribution in [3.05, 3.63) is 0 Å². The largest absolute Gasteiger partial charge is 0.455 e. The molecule has 0 aromatic rings. The molecule has 0 aromatic carbocycles. The quantitative estimate of drug-likeness (QED) is 0.340. The lowest BCUT2D eigenvalue weighted by Crippen LogP contribution is -2.61. The molecule has 0 aromatic heterocycles. The Morgan fingerprint density at radius 3 is 2.31 bits per heavy atom. The molecule has 39 heavy (non-hydrogen) atoms. The molecule has 0 spiro atoms. The van der Waals surface area contributed by atoms with Crippen LogP contribution in [0.25, 0.3) is 0 Å². The summed E-state index contributed by atoms with van der Waals surface area (Å²) in [4.78, 5) is 15.5. The monoisotopic (exact) mass is 543 g/mol. The van der Waals surface area contributed by atoms with Crippen LogP contribution in [0.4, 0.5) is 0 Å². The number of piperidine rings is 1. The predicted octanol–water partition coefficient (Wildman–Crippen LogP) is 6.18. The van der Waals surface area contributed by atoms with Crippen molar-refractivity contribution in [2.75, 3.05) is 33.2 Å². The summed E-state index contributed by atoms with van der Waals surface area (Å²) in [6.45, 7) is 12.0. The van der Waals surface area contributed by atoms with Crippen molar-refractivity contribution >= 4 is 5.97 Å². The Labute approximate surface area is 239 Å². The van der Waals surface area contributed by atoms with Crippen LogP contribution in [0.1, 0.15) is 117 Å². The van der Waals surface area contributed by atoms with Crippen LogP contribution in [0, 0.1) is 34.5 Å². The minimum Gasteiger partial charge on any atom is -0.455 e. The fraction of sp³-hybridized carbons (Fsp3) is 0.971. The lowest BCUT2D eigenvalue weighted by Gasteiger charge is -2.62. The van der Waals surface area contributed by atoms with Crippen LogP contribution in [0.2, 0.25) is 0 Å². The molecule has 4 saturated carbocycles. The van der Waals surface area contributed by atoms with Gasteiger partial charge >= 0.3 is 5.97 Å². The third-order valence-corrected chi connectivity index (χ3v) is 13.9. The Kier molecular flexibility index (Phi) is 7.94. The number of carbonyl (C=O) groups is 1. The van der Waals surface area contributed by atoms with Crippen molar-refractivity contribution in [3.63, 3.8) is 0 Å². The first-order chi connectivity index (χ1) is 18.7. The van der Waals surface area contributed by atoms with E-state index in [0.717, 1.165) is 22.7 Å². The number of likely N-dealkylation sites (N-methyl/N-ethyl adjacent to an activating group) is 1. The smallest absolute Gasteiger partial charge is 0.306 e. The minimum atomic E-state index is -0.146. The van der Waals surface area contributed by atoms with Gasteiger partial charge in [0, 0.05) is 24.3 Å². The summed E-state index contributed by atoms with van der Waals surface area (Å²) in [5.41, 5.74) is 0.439. The summed E-state index contributed by atoms with van der Waals surface area (Å²) in [7, 11) is 2.50. The molecule has 5 unspecified atom stereocenters. The van der Waals surface area contributed by atoms with E-state index in [-0.39, 0.29) is 23.6 Å². The lowest BCUT2D eigenvalue weighted by molar-refractivity contribution is -0.935. The highest BCUT2D eigenvalue weighted by molar-refractivity contribution is 5.69. The van der Waals surface area contributed by atoms with Gasteiger partial charge in [-0.1, -0.05) is 27.2 Å². The molecule has 1 N–H and O–H groups in total. The third kappa shape index (κ3) is 4.83. The zero-order valence-electron chi connectivity index (χ0n) is 25.7. The van der Waals surface area contributed by atoms with Crippen LogP contribution in [-0.2, 0) is 9.53 Å². The highest BCUT2D eigenvalue weighted by atomic mass is 16.5. The van der Waals surface area contributed by atoms with E-state index in [1.807, 2.05) is 6.92 Å². The van der Waals surface area contributed by atoms with Gasteiger partial charge in [0.15, 0.2) is 6.10 Å². The molecule has 0 radical (unpaired) electrons. The van der Waals surface area contributed by atoms with E-state index in [1.54, 1.807) is 0 Å². The zero-order chi connectivity index (χ0) is 27.4. The van der Waals surface area contributed by atoms with Crippen molar-refractivity contribution in [3.8, 4) is 0 Å². The van der Waals surface area contributed by atoms with E-state index in [1.165, 1.54) is 110 Å². The van der Waals surface area contributed by atoms with Gasteiger partial charge in [-0.25, -0.2) is 0 Å². The second-order valence-electron chi connectivity index (χ2n) is 15.8. The van der Waals surface area contributed by atoms with Crippen molar-refractivity contribution in [2.24, 2.45) is 34.5 Å². The van der Waals surface area contributed by atoms with Gasteiger partial charge in [-0.2, -0.15) is 0 Å². The van der Waals surface area contributed by atoms with Crippen LogP contribution in [0.5, 0.6) is 0 Å². The number of hydrogen-bond donors (Lipinski definition) is 1. The number of hydrogen-bond acceptors (Lipinski definition) is 4. The molecular formula is C34H59N2O3+. The standard InChI is InChI=1S/C34H59N2O3/c1-5-31(38)39-32-29(36(4)19-11-6-7-12-20-36)22-27-25-14-13-24-21-30(37)28(35-17-9-8-10-18-35)23-34(24,3)26(25)15-16-33(27,32)2/h24-30,32,37H,5-23H2,1-4H3/q+1/t24?,25-,26-,27+,28?,29?,30?,32?,33+,34+/m1/s1. The van der Waals surface area contributed by atoms with Crippen LogP contribution in [0.3, 0.4) is 0 Å². The molecule has 2 saturated heterocycles. The molecule has 6 rings (SSSR count). The van der Waals surface area contributed by atoms with Crippen LogP contribution < -0.4 is 0 Å². The third-order valence-electron chi connectivity index (χ3n) is 13.9. The van der Waals surface area contributed by atoms with Crippen LogP contribution in [0.15, 0.2) is 0 Å². The number of nitrogens with zero attached hydrogens (tertiary/aromatic N) is 2. The van der Waals surface area contributed by atoms with Crippen molar-refractivity contribution in [1.29, 1.82) is 0 Å². The number of aliphatic hydroxyl groups excluding tert-OH is 1. The van der Waals surface area contributed by atoms with Gasteiger partial charge in [-0.05, 0) is 119 Å². The number of aliphatic hydroxyl groups is 1. The Bertz CT molecular complexity index is 880.